The van der Waals surface area contributed by atoms with E-state index in [-0.39, 0.29) is 6.04 Å². The number of nitrogens with two attached hydrogens (primary N) is 1. The zero-order chi connectivity index (χ0) is 13.0. The van der Waals surface area contributed by atoms with Crippen molar-refractivity contribution in [3.63, 3.8) is 0 Å². The SMILES string of the molecule is CCn1ncc(Br)c1C(N)CC1CCCCCC1. The number of nitrogens with zero attached hydrogens (tertiary/aromatic N) is 2. The van der Waals surface area contributed by atoms with Gasteiger partial charge in [0.05, 0.1) is 16.4 Å². The molecule has 102 valence electrons. The van der Waals surface area contributed by atoms with E-state index in [1.54, 1.807) is 0 Å². The van der Waals surface area contributed by atoms with Gasteiger partial charge in [-0.3, -0.25) is 4.68 Å². The van der Waals surface area contributed by atoms with Crippen molar-refractivity contribution in [2.45, 2.75) is 64.5 Å². The smallest absolute Gasteiger partial charge is 0.0693 e. The summed E-state index contributed by atoms with van der Waals surface area (Å²) in [5.74, 6) is 0.801. The van der Waals surface area contributed by atoms with Gasteiger partial charge in [-0.2, -0.15) is 5.10 Å². The molecule has 1 saturated carbocycles. The van der Waals surface area contributed by atoms with Crippen LogP contribution in [0.2, 0.25) is 0 Å². The zero-order valence-electron chi connectivity index (χ0n) is 11.2. The molecule has 4 heteroatoms. The third-order valence-electron chi connectivity index (χ3n) is 4.05. The molecule has 0 aromatic carbocycles. The van der Waals surface area contributed by atoms with Gasteiger partial charge < -0.3 is 5.73 Å². The number of halogens is 1. The second-order valence-corrected chi connectivity index (χ2v) is 6.25. The minimum Gasteiger partial charge on any atom is -0.323 e. The van der Waals surface area contributed by atoms with Gasteiger partial charge in [0, 0.05) is 12.6 Å². The van der Waals surface area contributed by atoms with Crippen LogP contribution in [0, 0.1) is 5.92 Å². The average Bonchev–Trinajstić information content (AvgIpc) is 2.57. The van der Waals surface area contributed by atoms with Crippen molar-refractivity contribution < 1.29 is 0 Å². The highest BCUT2D eigenvalue weighted by Crippen LogP contribution is 2.32. The van der Waals surface area contributed by atoms with Crippen LogP contribution in [0.5, 0.6) is 0 Å². The number of hydrogen-bond donors (Lipinski definition) is 1. The van der Waals surface area contributed by atoms with Crippen molar-refractivity contribution >= 4 is 15.9 Å². The molecule has 1 fully saturated rings. The van der Waals surface area contributed by atoms with Crippen molar-refractivity contribution in [1.29, 1.82) is 0 Å². The lowest BCUT2D eigenvalue weighted by atomic mass is 9.92. The third kappa shape index (κ3) is 3.35. The summed E-state index contributed by atoms with van der Waals surface area (Å²) < 4.78 is 3.08. The fourth-order valence-electron chi connectivity index (χ4n) is 3.06. The van der Waals surface area contributed by atoms with Crippen LogP contribution in [0.4, 0.5) is 0 Å². The van der Waals surface area contributed by atoms with Crippen LogP contribution in [0.1, 0.15) is 63.6 Å². The van der Waals surface area contributed by atoms with Crippen LogP contribution >= 0.6 is 15.9 Å². The first-order chi connectivity index (χ1) is 8.72. The van der Waals surface area contributed by atoms with Crippen LogP contribution in [-0.2, 0) is 6.54 Å². The molecule has 1 unspecified atom stereocenters. The van der Waals surface area contributed by atoms with Gasteiger partial charge >= 0.3 is 0 Å². The molecule has 1 heterocycles. The molecule has 2 rings (SSSR count). The van der Waals surface area contributed by atoms with Gasteiger partial charge in [0.1, 0.15) is 0 Å². The Balaban J connectivity index is 2.01. The van der Waals surface area contributed by atoms with Gasteiger partial charge in [0.2, 0.25) is 0 Å². The van der Waals surface area contributed by atoms with Gasteiger partial charge in [-0.1, -0.05) is 38.5 Å². The van der Waals surface area contributed by atoms with Crippen molar-refractivity contribution in [2.75, 3.05) is 0 Å². The molecule has 3 nitrogen and oxygen atoms in total. The van der Waals surface area contributed by atoms with E-state index in [4.69, 9.17) is 5.73 Å². The van der Waals surface area contributed by atoms with Gasteiger partial charge in [0.25, 0.3) is 0 Å². The molecule has 0 saturated heterocycles. The Morgan fingerprint density at radius 2 is 2.06 bits per heavy atom. The monoisotopic (exact) mass is 313 g/mol. The maximum atomic E-state index is 6.41. The minimum absolute atomic E-state index is 0.116. The van der Waals surface area contributed by atoms with E-state index in [1.165, 1.54) is 44.2 Å². The first-order valence-electron chi connectivity index (χ1n) is 7.19. The second kappa shape index (κ2) is 6.71. The molecule has 0 aliphatic heterocycles. The molecule has 1 aromatic heterocycles. The fraction of sp³-hybridized carbons (Fsp3) is 0.786. The molecule has 1 atom stereocenters. The summed E-state index contributed by atoms with van der Waals surface area (Å²) in [5, 5.41) is 4.36. The van der Waals surface area contributed by atoms with E-state index in [2.05, 4.69) is 28.0 Å². The molecule has 2 N–H and O–H groups in total. The van der Waals surface area contributed by atoms with Gasteiger partial charge in [-0.05, 0) is 35.2 Å². The number of hydrogen-bond acceptors (Lipinski definition) is 2. The van der Waals surface area contributed by atoms with Crippen LogP contribution in [-0.4, -0.2) is 9.78 Å². The molecular formula is C14H24BrN3. The molecule has 1 aliphatic rings. The lowest BCUT2D eigenvalue weighted by Crippen LogP contribution is -2.19. The fourth-order valence-corrected chi connectivity index (χ4v) is 3.65. The van der Waals surface area contributed by atoms with Crippen molar-refractivity contribution in [3.8, 4) is 0 Å². The second-order valence-electron chi connectivity index (χ2n) is 5.39. The first kappa shape index (κ1) is 14.1. The molecule has 1 aromatic rings. The highest BCUT2D eigenvalue weighted by atomic mass is 79.9. The van der Waals surface area contributed by atoms with Crippen LogP contribution in [0.25, 0.3) is 0 Å². The third-order valence-corrected chi connectivity index (χ3v) is 4.66. The Bertz CT molecular complexity index is 367. The van der Waals surface area contributed by atoms with E-state index >= 15 is 0 Å². The summed E-state index contributed by atoms with van der Waals surface area (Å²) in [7, 11) is 0. The quantitative estimate of drug-likeness (QED) is 0.853. The Labute approximate surface area is 118 Å². The molecule has 0 spiro atoms. The standard InChI is InChI=1S/C14H24BrN3/c1-2-18-14(12(15)10-17-18)13(16)9-11-7-5-3-4-6-8-11/h10-11,13H,2-9,16H2,1H3. The number of rotatable bonds is 4. The summed E-state index contributed by atoms with van der Waals surface area (Å²) in [6.45, 7) is 3.00. The Morgan fingerprint density at radius 3 is 2.67 bits per heavy atom. The topological polar surface area (TPSA) is 43.8 Å². The summed E-state index contributed by atoms with van der Waals surface area (Å²) in [5.41, 5.74) is 7.58. The molecular weight excluding hydrogens is 290 g/mol. The van der Waals surface area contributed by atoms with Crippen molar-refractivity contribution in [1.82, 2.24) is 9.78 Å². The number of aryl methyl sites for hydroxylation is 1. The summed E-state index contributed by atoms with van der Waals surface area (Å²) >= 11 is 3.58. The Morgan fingerprint density at radius 1 is 1.39 bits per heavy atom. The normalized spacial score (nSPS) is 19.7. The zero-order valence-corrected chi connectivity index (χ0v) is 12.8. The van der Waals surface area contributed by atoms with Gasteiger partial charge in [0.15, 0.2) is 0 Å². The summed E-state index contributed by atoms with van der Waals surface area (Å²) in [6.07, 6.45) is 11.2. The van der Waals surface area contributed by atoms with Crippen LogP contribution < -0.4 is 5.73 Å². The van der Waals surface area contributed by atoms with Gasteiger partial charge in [-0.25, -0.2) is 0 Å². The highest BCUT2D eigenvalue weighted by molar-refractivity contribution is 9.10. The van der Waals surface area contributed by atoms with E-state index < -0.39 is 0 Å². The minimum atomic E-state index is 0.116. The first-order valence-corrected chi connectivity index (χ1v) is 7.98. The largest absolute Gasteiger partial charge is 0.323 e. The predicted molar refractivity (Wildman–Crippen MR) is 78.3 cm³/mol. The van der Waals surface area contributed by atoms with Gasteiger partial charge in [-0.15, -0.1) is 0 Å². The van der Waals surface area contributed by atoms with Crippen molar-refractivity contribution in [3.05, 3.63) is 16.4 Å². The average molecular weight is 314 g/mol. The van der Waals surface area contributed by atoms with E-state index in [0.717, 1.165) is 23.4 Å². The predicted octanol–water partition coefficient (Wildman–Crippen LogP) is 4.03. The van der Waals surface area contributed by atoms with Crippen LogP contribution in [0.3, 0.4) is 0 Å². The molecule has 18 heavy (non-hydrogen) atoms. The Hall–Kier alpha value is -0.350. The lowest BCUT2D eigenvalue weighted by Gasteiger charge is -2.20. The van der Waals surface area contributed by atoms with Crippen molar-refractivity contribution in [2.24, 2.45) is 11.7 Å². The molecule has 0 radical (unpaired) electrons. The van der Waals surface area contributed by atoms with E-state index in [1.807, 2.05) is 10.9 Å². The lowest BCUT2D eigenvalue weighted by molar-refractivity contribution is 0.381. The maximum absolute atomic E-state index is 6.41. The number of aromatic nitrogens is 2. The highest BCUT2D eigenvalue weighted by Gasteiger charge is 2.21. The molecule has 0 amide bonds. The summed E-state index contributed by atoms with van der Waals surface area (Å²) in [4.78, 5) is 0. The maximum Gasteiger partial charge on any atom is 0.0693 e. The van der Waals surface area contributed by atoms with E-state index in [0.29, 0.717) is 0 Å². The van der Waals surface area contributed by atoms with Crippen LogP contribution in [0.15, 0.2) is 10.7 Å². The van der Waals surface area contributed by atoms with E-state index in [9.17, 15) is 0 Å². The molecule has 1 aliphatic carbocycles. The summed E-state index contributed by atoms with van der Waals surface area (Å²) in [6, 6.07) is 0.116. The molecule has 0 bridgehead atoms. The Kier molecular flexibility index (Phi) is 5.25.